The molecule has 0 fully saturated rings. The molecule has 4 aromatic rings. The van der Waals surface area contributed by atoms with E-state index in [4.69, 9.17) is 4.74 Å². The number of ether oxygens (including phenoxy) is 1. The van der Waals surface area contributed by atoms with Crippen LogP contribution >= 0.6 is 0 Å². The van der Waals surface area contributed by atoms with Gasteiger partial charge in [0.2, 0.25) is 0 Å². The lowest BCUT2D eigenvalue weighted by Gasteiger charge is -2.09. The van der Waals surface area contributed by atoms with Crippen LogP contribution in [0.5, 0.6) is 5.75 Å². The fourth-order valence-electron chi connectivity index (χ4n) is 3.14. The molecule has 2 aromatic heterocycles. The Morgan fingerprint density at radius 2 is 1.73 bits per heavy atom. The van der Waals surface area contributed by atoms with Crippen LogP contribution in [0.25, 0.3) is 21.7 Å². The van der Waals surface area contributed by atoms with Gasteiger partial charge in [-0.25, -0.2) is 0 Å². The molecule has 2 aromatic carbocycles. The van der Waals surface area contributed by atoms with Crippen LogP contribution in [0.3, 0.4) is 0 Å². The van der Waals surface area contributed by atoms with Crippen molar-refractivity contribution in [3.8, 4) is 5.75 Å². The second-order valence-corrected chi connectivity index (χ2v) is 6.30. The smallest absolute Gasteiger partial charge is 0.422 e. The van der Waals surface area contributed by atoms with Gasteiger partial charge in [0, 0.05) is 36.0 Å². The fraction of sp³-hybridized carbons (Fsp3) is 0.200. The molecule has 0 aliphatic heterocycles. The Hall–Kier alpha value is -2.89. The summed E-state index contributed by atoms with van der Waals surface area (Å²) < 4.78 is 44.0. The highest BCUT2D eigenvalue weighted by Gasteiger charge is 2.28. The zero-order chi connectivity index (χ0) is 18.1. The van der Waals surface area contributed by atoms with E-state index in [1.165, 1.54) is 10.8 Å². The zero-order valence-electron chi connectivity index (χ0n) is 13.9. The second-order valence-electron chi connectivity index (χ2n) is 6.30. The molecule has 134 valence electrons. The first-order chi connectivity index (χ1) is 12.5. The first-order valence-corrected chi connectivity index (χ1v) is 8.32. The number of benzene rings is 2. The molecule has 0 aliphatic carbocycles. The topological polar surface area (TPSA) is 29.9 Å². The lowest BCUT2D eigenvalue weighted by atomic mass is 10.1. The Morgan fingerprint density at radius 1 is 1.00 bits per heavy atom. The maximum absolute atomic E-state index is 12.3. The van der Waals surface area contributed by atoms with E-state index in [9.17, 15) is 13.2 Å². The number of aromatic amines is 1. The molecule has 0 saturated heterocycles. The number of nitrogens with zero attached hydrogens (tertiary/aromatic N) is 1. The standard InChI is InChI=1S/C20H17F3N2O/c21-20(22,23)13-26-17-5-6-19-18(9-17)14(10-24-19)7-8-25-11-15-3-1-2-4-16(15)12-25/h1-6,9-12,24H,7-8,13H2. The summed E-state index contributed by atoms with van der Waals surface area (Å²) in [4.78, 5) is 3.16. The Balaban J connectivity index is 1.52. The van der Waals surface area contributed by atoms with Crippen molar-refractivity contribution in [3.05, 3.63) is 66.6 Å². The average Bonchev–Trinajstić information content (AvgIpc) is 3.20. The van der Waals surface area contributed by atoms with Crippen molar-refractivity contribution >= 4 is 21.7 Å². The molecule has 3 nitrogen and oxygen atoms in total. The van der Waals surface area contributed by atoms with Gasteiger partial charge in [0.1, 0.15) is 5.75 Å². The number of nitrogens with one attached hydrogen (secondary N) is 1. The SMILES string of the molecule is FC(F)(F)COc1ccc2[nH]cc(CCn3cc4ccccc4c3)c2c1. The normalized spacial score (nSPS) is 12.1. The van der Waals surface area contributed by atoms with E-state index >= 15 is 0 Å². The predicted octanol–water partition coefficient (Wildman–Crippen LogP) is 5.31. The summed E-state index contributed by atoms with van der Waals surface area (Å²) in [6.45, 7) is -0.497. The van der Waals surface area contributed by atoms with Crippen molar-refractivity contribution < 1.29 is 17.9 Å². The first-order valence-electron chi connectivity index (χ1n) is 8.32. The highest BCUT2D eigenvalue weighted by molar-refractivity contribution is 5.85. The van der Waals surface area contributed by atoms with Gasteiger partial charge in [-0.2, -0.15) is 13.2 Å². The van der Waals surface area contributed by atoms with Crippen molar-refractivity contribution in [2.45, 2.75) is 19.1 Å². The van der Waals surface area contributed by atoms with Gasteiger partial charge >= 0.3 is 6.18 Å². The van der Waals surface area contributed by atoms with Crippen molar-refractivity contribution in [3.63, 3.8) is 0 Å². The average molecular weight is 358 g/mol. The van der Waals surface area contributed by atoms with Gasteiger partial charge in [-0.15, -0.1) is 0 Å². The molecular formula is C20H17F3N2O. The number of aromatic nitrogens is 2. The lowest BCUT2D eigenvalue weighted by Crippen LogP contribution is -2.19. The Labute approximate surface area is 148 Å². The molecule has 0 spiro atoms. The molecule has 0 aliphatic rings. The summed E-state index contributed by atoms with van der Waals surface area (Å²) in [5.74, 6) is 0.224. The van der Waals surface area contributed by atoms with Crippen LogP contribution in [-0.4, -0.2) is 22.3 Å². The monoisotopic (exact) mass is 358 g/mol. The van der Waals surface area contributed by atoms with Crippen LogP contribution in [0.2, 0.25) is 0 Å². The summed E-state index contributed by atoms with van der Waals surface area (Å²) in [5.41, 5.74) is 1.94. The maximum atomic E-state index is 12.3. The minimum Gasteiger partial charge on any atom is -0.484 e. The number of aryl methyl sites for hydroxylation is 2. The van der Waals surface area contributed by atoms with Crippen LogP contribution in [0, 0.1) is 0 Å². The predicted molar refractivity (Wildman–Crippen MR) is 95.5 cm³/mol. The van der Waals surface area contributed by atoms with Gasteiger partial charge in [0.25, 0.3) is 0 Å². The number of alkyl halides is 3. The second kappa shape index (κ2) is 6.44. The molecule has 4 rings (SSSR count). The van der Waals surface area contributed by atoms with E-state index in [0.29, 0.717) is 0 Å². The maximum Gasteiger partial charge on any atom is 0.422 e. The van der Waals surface area contributed by atoms with Crippen LogP contribution in [-0.2, 0) is 13.0 Å². The van der Waals surface area contributed by atoms with Gasteiger partial charge < -0.3 is 14.3 Å². The van der Waals surface area contributed by atoms with Crippen LogP contribution in [0.15, 0.2) is 61.1 Å². The number of halogens is 3. The molecule has 0 amide bonds. The fourth-order valence-corrected chi connectivity index (χ4v) is 3.14. The number of H-pyrrole nitrogens is 1. The molecule has 6 heteroatoms. The van der Waals surface area contributed by atoms with E-state index in [2.05, 4.69) is 34.1 Å². The first kappa shape index (κ1) is 16.6. The van der Waals surface area contributed by atoms with Gasteiger partial charge in [0.05, 0.1) is 0 Å². The lowest BCUT2D eigenvalue weighted by molar-refractivity contribution is -0.153. The minimum atomic E-state index is -4.34. The quantitative estimate of drug-likeness (QED) is 0.515. The van der Waals surface area contributed by atoms with Crippen molar-refractivity contribution in [2.75, 3.05) is 6.61 Å². The number of fused-ring (bicyclic) bond motifs is 2. The van der Waals surface area contributed by atoms with E-state index in [-0.39, 0.29) is 5.75 Å². The summed E-state index contributed by atoms with van der Waals surface area (Å²) in [7, 11) is 0. The summed E-state index contributed by atoms with van der Waals surface area (Å²) in [6, 6.07) is 13.1. The molecule has 0 radical (unpaired) electrons. The van der Waals surface area contributed by atoms with Crippen molar-refractivity contribution in [1.29, 1.82) is 0 Å². The molecule has 2 heterocycles. The van der Waals surface area contributed by atoms with Crippen LogP contribution < -0.4 is 4.74 Å². The third-order valence-electron chi connectivity index (χ3n) is 4.39. The largest absolute Gasteiger partial charge is 0.484 e. The molecule has 0 saturated carbocycles. The number of hydrogen-bond acceptors (Lipinski definition) is 1. The van der Waals surface area contributed by atoms with Crippen molar-refractivity contribution in [1.82, 2.24) is 9.55 Å². The Morgan fingerprint density at radius 3 is 2.42 bits per heavy atom. The number of rotatable bonds is 5. The molecule has 0 bridgehead atoms. The van der Waals surface area contributed by atoms with Gasteiger partial charge in [-0.1, -0.05) is 24.3 Å². The Bertz CT molecular complexity index is 1010. The Kier molecular flexibility index (Phi) is 4.11. The third-order valence-corrected chi connectivity index (χ3v) is 4.39. The van der Waals surface area contributed by atoms with Gasteiger partial charge in [-0.3, -0.25) is 0 Å². The van der Waals surface area contributed by atoms with Crippen LogP contribution in [0.4, 0.5) is 13.2 Å². The highest BCUT2D eigenvalue weighted by atomic mass is 19.4. The molecule has 26 heavy (non-hydrogen) atoms. The van der Waals surface area contributed by atoms with Gasteiger partial charge in [0.15, 0.2) is 6.61 Å². The van der Waals surface area contributed by atoms with E-state index in [0.717, 1.165) is 29.4 Å². The summed E-state index contributed by atoms with van der Waals surface area (Å²) in [6.07, 6.45) is 2.53. The van der Waals surface area contributed by atoms with Crippen molar-refractivity contribution in [2.24, 2.45) is 0 Å². The molecule has 0 unspecified atom stereocenters. The van der Waals surface area contributed by atoms with Gasteiger partial charge in [-0.05, 0) is 41.0 Å². The van der Waals surface area contributed by atoms with E-state index < -0.39 is 12.8 Å². The molecule has 1 N–H and O–H groups in total. The van der Waals surface area contributed by atoms with E-state index in [1.54, 1.807) is 18.2 Å². The molecular weight excluding hydrogens is 341 g/mol. The zero-order valence-corrected chi connectivity index (χ0v) is 13.9. The van der Waals surface area contributed by atoms with Crippen LogP contribution in [0.1, 0.15) is 5.56 Å². The number of hydrogen-bond donors (Lipinski definition) is 1. The summed E-state index contributed by atoms with van der Waals surface area (Å²) in [5, 5.41) is 3.27. The molecule has 0 atom stereocenters. The summed E-state index contributed by atoms with van der Waals surface area (Å²) >= 11 is 0. The highest BCUT2D eigenvalue weighted by Crippen LogP contribution is 2.26. The van der Waals surface area contributed by atoms with E-state index in [1.807, 2.05) is 18.3 Å². The third kappa shape index (κ3) is 3.54. The minimum absolute atomic E-state index is 0.224.